The molecule has 33 heavy (non-hydrogen) atoms. The molecule has 1 N–H and O–H groups in total. The molecule has 0 atom stereocenters. The van der Waals surface area contributed by atoms with Gasteiger partial charge >= 0.3 is 0 Å². The van der Waals surface area contributed by atoms with E-state index in [4.69, 9.17) is 25.8 Å². The van der Waals surface area contributed by atoms with Crippen LogP contribution in [-0.4, -0.2) is 63.4 Å². The van der Waals surface area contributed by atoms with Crippen LogP contribution in [-0.2, 0) is 14.8 Å². The van der Waals surface area contributed by atoms with Gasteiger partial charge in [-0.15, -0.1) is 10.2 Å². The molecule has 0 spiro atoms. The van der Waals surface area contributed by atoms with Gasteiger partial charge in [-0.1, -0.05) is 11.6 Å². The number of anilines is 2. The maximum absolute atomic E-state index is 13.2. The highest BCUT2D eigenvalue weighted by atomic mass is 35.5. The number of sulfonamides is 1. The maximum atomic E-state index is 13.2. The van der Waals surface area contributed by atoms with Crippen LogP contribution < -0.4 is 14.8 Å². The minimum absolute atomic E-state index is 0.0806. The fraction of sp³-hybridized carbons (Fsp3) is 0.273. The Balaban J connectivity index is 1.62. The summed E-state index contributed by atoms with van der Waals surface area (Å²) in [5, 5.41) is 12.1. The molecule has 0 unspecified atom stereocenters. The Kier molecular flexibility index (Phi) is 6.99. The highest BCUT2D eigenvalue weighted by Gasteiger charge is 2.29. The third kappa shape index (κ3) is 5.03. The zero-order chi connectivity index (χ0) is 23.4. The molecule has 0 saturated carbocycles. The lowest BCUT2D eigenvalue weighted by Crippen LogP contribution is -2.40. The fourth-order valence-electron chi connectivity index (χ4n) is 3.43. The second-order valence-corrected chi connectivity index (χ2v) is 9.50. The first kappa shape index (κ1) is 23.2. The lowest BCUT2D eigenvalue weighted by atomic mass is 10.1. The van der Waals surface area contributed by atoms with Gasteiger partial charge in [-0.25, -0.2) is 8.42 Å². The molecule has 1 aliphatic heterocycles. The van der Waals surface area contributed by atoms with Crippen molar-refractivity contribution in [1.82, 2.24) is 14.5 Å². The van der Waals surface area contributed by atoms with E-state index < -0.39 is 10.0 Å². The van der Waals surface area contributed by atoms with E-state index in [0.717, 1.165) is 0 Å². The van der Waals surface area contributed by atoms with E-state index in [-0.39, 0.29) is 10.6 Å². The molecule has 1 saturated heterocycles. The molecule has 1 aromatic heterocycles. The van der Waals surface area contributed by atoms with Crippen molar-refractivity contribution in [2.75, 3.05) is 45.8 Å². The summed E-state index contributed by atoms with van der Waals surface area (Å²) in [7, 11) is -0.747. The third-order valence-corrected chi connectivity index (χ3v) is 7.29. The largest absolute Gasteiger partial charge is 0.495 e. The second kappa shape index (κ2) is 9.92. The minimum Gasteiger partial charge on any atom is -0.495 e. The number of nitrogens with one attached hydrogen (secondary N) is 1. The van der Waals surface area contributed by atoms with Gasteiger partial charge in [0, 0.05) is 23.7 Å². The van der Waals surface area contributed by atoms with E-state index in [1.165, 1.54) is 11.4 Å². The third-order valence-electron chi connectivity index (χ3n) is 5.14. The second-order valence-electron chi connectivity index (χ2n) is 7.16. The number of aromatic nitrogens is 2. The average Bonchev–Trinajstić information content (AvgIpc) is 2.85. The molecule has 4 rings (SSSR count). The van der Waals surface area contributed by atoms with E-state index in [0.29, 0.717) is 59.8 Å². The number of benzene rings is 2. The molecule has 11 heteroatoms. The molecule has 0 bridgehead atoms. The monoisotopic (exact) mass is 490 g/mol. The highest BCUT2D eigenvalue weighted by Crippen LogP contribution is 2.33. The Morgan fingerprint density at radius 1 is 0.970 bits per heavy atom. The van der Waals surface area contributed by atoms with Crippen LogP contribution in [0.15, 0.2) is 53.4 Å². The smallest absolute Gasteiger partial charge is 0.246 e. The SMILES string of the molecule is COc1ccc(Cl)cc1Nc1ccc(-c2ccc(OC)c(S(=O)(=O)N3CCOCC3)c2)nn1. The highest BCUT2D eigenvalue weighted by molar-refractivity contribution is 7.89. The topological polar surface area (TPSA) is 103 Å². The zero-order valence-electron chi connectivity index (χ0n) is 18.1. The Hall–Kier alpha value is -2.92. The molecule has 3 aromatic rings. The Morgan fingerprint density at radius 2 is 1.70 bits per heavy atom. The van der Waals surface area contributed by atoms with Crippen molar-refractivity contribution < 1.29 is 22.6 Å². The molecular weight excluding hydrogens is 468 g/mol. The molecule has 2 heterocycles. The standard InChI is InChI=1S/C22H23ClN4O5S/c1-30-19-7-4-16(23)14-18(19)24-22-8-5-17(25-26-22)15-3-6-20(31-2)21(13-15)33(28,29)27-9-11-32-12-10-27/h3-8,13-14H,9-12H2,1-2H3,(H,24,26). The van der Waals surface area contributed by atoms with Crippen molar-refractivity contribution in [1.29, 1.82) is 0 Å². The van der Waals surface area contributed by atoms with Gasteiger partial charge in [-0.2, -0.15) is 4.31 Å². The molecule has 2 aromatic carbocycles. The molecule has 174 valence electrons. The molecule has 1 fully saturated rings. The van der Waals surface area contributed by atoms with E-state index in [1.807, 2.05) is 0 Å². The van der Waals surface area contributed by atoms with Crippen LogP contribution in [0, 0.1) is 0 Å². The molecule has 1 aliphatic rings. The zero-order valence-corrected chi connectivity index (χ0v) is 19.7. The van der Waals surface area contributed by atoms with Gasteiger partial charge in [0.25, 0.3) is 0 Å². The summed E-state index contributed by atoms with van der Waals surface area (Å²) in [5.41, 5.74) is 1.76. The average molecular weight is 491 g/mol. The predicted octanol–water partition coefficient (Wildman–Crippen LogP) is 3.58. The van der Waals surface area contributed by atoms with E-state index in [1.54, 1.807) is 55.6 Å². The molecule has 0 amide bonds. The summed E-state index contributed by atoms with van der Waals surface area (Å²) in [6, 6.07) is 13.6. The number of rotatable bonds is 7. The first-order chi connectivity index (χ1) is 15.9. The van der Waals surface area contributed by atoms with Crippen molar-refractivity contribution in [3.8, 4) is 22.8 Å². The number of hydrogen-bond donors (Lipinski definition) is 1. The van der Waals surface area contributed by atoms with Gasteiger partial charge in [0.2, 0.25) is 10.0 Å². The summed E-state index contributed by atoms with van der Waals surface area (Å²) in [5.74, 6) is 1.36. The molecule has 0 aliphatic carbocycles. The number of ether oxygens (including phenoxy) is 3. The lowest BCUT2D eigenvalue weighted by molar-refractivity contribution is 0.0729. The van der Waals surface area contributed by atoms with Gasteiger partial charge in [0.1, 0.15) is 16.4 Å². The van der Waals surface area contributed by atoms with Crippen LogP contribution in [0.1, 0.15) is 0 Å². The normalized spacial score (nSPS) is 14.6. The summed E-state index contributed by atoms with van der Waals surface area (Å²) < 4.78 is 43.8. The van der Waals surface area contributed by atoms with Gasteiger partial charge in [0.15, 0.2) is 5.82 Å². The van der Waals surface area contributed by atoms with Crippen molar-refractivity contribution >= 4 is 33.1 Å². The van der Waals surface area contributed by atoms with Crippen LogP contribution in [0.4, 0.5) is 11.5 Å². The van der Waals surface area contributed by atoms with Crippen molar-refractivity contribution in [2.45, 2.75) is 4.90 Å². The summed E-state index contributed by atoms with van der Waals surface area (Å²) >= 11 is 6.08. The lowest BCUT2D eigenvalue weighted by Gasteiger charge is -2.26. The van der Waals surface area contributed by atoms with Crippen molar-refractivity contribution in [3.05, 3.63) is 53.6 Å². The number of morpholine rings is 1. The predicted molar refractivity (Wildman–Crippen MR) is 125 cm³/mol. The molecular formula is C22H23ClN4O5S. The van der Waals surface area contributed by atoms with E-state index in [9.17, 15) is 8.42 Å². The van der Waals surface area contributed by atoms with Crippen molar-refractivity contribution in [3.63, 3.8) is 0 Å². The van der Waals surface area contributed by atoms with Crippen LogP contribution in [0.5, 0.6) is 11.5 Å². The number of halogens is 1. The van der Waals surface area contributed by atoms with Crippen LogP contribution in [0.3, 0.4) is 0 Å². The molecule has 9 nitrogen and oxygen atoms in total. The van der Waals surface area contributed by atoms with Gasteiger partial charge in [-0.3, -0.25) is 0 Å². The summed E-state index contributed by atoms with van der Waals surface area (Å²) in [6.07, 6.45) is 0. The van der Waals surface area contributed by atoms with Crippen molar-refractivity contribution in [2.24, 2.45) is 0 Å². The van der Waals surface area contributed by atoms with E-state index >= 15 is 0 Å². The van der Waals surface area contributed by atoms with Crippen LogP contribution >= 0.6 is 11.6 Å². The summed E-state index contributed by atoms with van der Waals surface area (Å²) in [6.45, 7) is 1.31. The number of hydrogen-bond acceptors (Lipinski definition) is 8. The van der Waals surface area contributed by atoms with Crippen LogP contribution in [0.2, 0.25) is 5.02 Å². The maximum Gasteiger partial charge on any atom is 0.246 e. The Labute approximate surface area is 197 Å². The minimum atomic E-state index is -3.75. The Morgan fingerprint density at radius 3 is 2.36 bits per heavy atom. The fourth-order valence-corrected chi connectivity index (χ4v) is 5.19. The van der Waals surface area contributed by atoms with Gasteiger partial charge < -0.3 is 19.5 Å². The van der Waals surface area contributed by atoms with Crippen LogP contribution in [0.25, 0.3) is 11.3 Å². The first-order valence-electron chi connectivity index (χ1n) is 10.1. The van der Waals surface area contributed by atoms with Gasteiger partial charge in [0.05, 0.1) is 38.8 Å². The Bertz CT molecular complexity index is 1230. The molecule has 0 radical (unpaired) electrons. The number of methoxy groups -OCH3 is 2. The number of nitrogens with zero attached hydrogens (tertiary/aromatic N) is 3. The first-order valence-corrected chi connectivity index (χ1v) is 11.9. The summed E-state index contributed by atoms with van der Waals surface area (Å²) in [4.78, 5) is 0.0806. The van der Waals surface area contributed by atoms with Gasteiger partial charge in [-0.05, 0) is 48.5 Å². The van der Waals surface area contributed by atoms with E-state index in [2.05, 4.69) is 15.5 Å². The quantitative estimate of drug-likeness (QED) is 0.536.